The van der Waals surface area contributed by atoms with Gasteiger partial charge in [0.15, 0.2) is 11.5 Å². The van der Waals surface area contributed by atoms with Gasteiger partial charge in [-0.1, -0.05) is 32.6 Å². The van der Waals surface area contributed by atoms with E-state index < -0.39 is 27.7 Å². The molecule has 2 aliphatic heterocycles. The summed E-state index contributed by atoms with van der Waals surface area (Å²) in [6.45, 7) is 5.43. The molecule has 0 aromatic heterocycles. The van der Waals surface area contributed by atoms with E-state index in [1.807, 2.05) is 4.90 Å². The molecule has 2 saturated heterocycles. The fraction of sp³-hybridized carbons (Fsp3) is 0.742. The Balaban J connectivity index is 1.27. The quantitative estimate of drug-likeness (QED) is 0.269. The van der Waals surface area contributed by atoms with E-state index in [0.29, 0.717) is 43.2 Å². The first-order valence-corrected chi connectivity index (χ1v) is 17.8. The first kappa shape index (κ1) is 33.3. The molecule has 3 fully saturated rings. The van der Waals surface area contributed by atoms with Gasteiger partial charge in [0.1, 0.15) is 11.6 Å². The predicted octanol–water partition coefficient (Wildman–Crippen LogP) is 3.13. The van der Waals surface area contributed by atoms with E-state index in [4.69, 9.17) is 9.47 Å². The second kappa shape index (κ2) is 14.9. The van der Waals surface area contributed by atoms with Crippen molar-refractivity contribution < 1.29 is 32.6 Å². The van der Waals surface area contributed by atoms with Crippen molar-refractivity contribution in [3.8, 4) is 11.5 Å². The van der Waals surface area contributed by atoms with Gasteiger partial charge in [-0.3, -0.25) is 14.3 Å². The smallest absolute Gasteiger partial charge is 0.248 e. The molecule has 0 bridgehead atoms. The molecule has 1 aromatic carbocycles. The first-order valence-electron chi connectivity index (χ1n) is 15.9. The Hall–Kier alpha value is -2.57. The van der Waals surface area contributed by atoms with Crippen LogP contribution in [0.15, 0.2) is 18.2 Å². The summed E-state index contributed by atoms with van der Waals surface area (Å²) >= 11 is 0. The van der Waals surface area contributed by atoms with Gasteiger partial charge in [0, 0.05) is 25.7 Å². The summed E-state index contributed by atoms with van der Waals surface area (Å²) < 4.78 is 36.7. The number of anilines is 1. The Morgan fingerprint density at radius 3 is 2.44 bits per heavy atom. The number of benzene rings is 1. The number of piperidine rings is 1. The highest BCUT2D eigenvalue weighted by atomic mass is 32.2. The molecule has 4 rings (SSSR count). The summed E-state index contributed by atoms with van der Waals surface area (Å²) in [6.07, 6.45) is 10.0. The minimum absolute atomic E-state index is 0.0632. The van der Waals surface area contributed by atoms with E-state index in [0.717, 1.165) is 77.3 Å². The maximum absolute atomic E-state index is 13.8. The number of ether oxygens (including phenoxy) is 2. The van der Waals surface area contributed by atoms with E-state index in [-0.39, 0.29) is 17.7 Å². The summed E-state index contributed by atoms with van der Waals surface area (Å²) in [5, 5.41) is 14.1. The number of sulfonamides is 1. The first-order chi connectivity index (χ1) is 20.6. The molecule has 3 N–H and O–H groups in total. The van der Waals surface area contributed by atoms with Gasteiger partial charge < -0.3 is 29.7 Å². The lowest BCUT2D eigenvalue weighted by molar-refractivity contribution is -0.165. The predicted molar refractivity (Wildman–Crippen MR) is 166 cm³/mol. The monoisotopic (exact) mass is 622 g/mol. The number of aliphatic hydroxyl groups is 1. The Morgan fingerprint density at radius 1 is 1.07 bits per heavy atom. The molecular weight excluding hydrogens is 572 g/mol. The van der Waals surface area contributed by atoms with Crippen molar-refractivity contribution in [2.24, 2.45) is 5.92 Å². The van der Waals surface area contributed by atoms with Crippen LogP contribution in [0.1, 0.15) is 77.6 Å². The third-order valence-corrected chi connectivity index (χ3v) is 9.85. The molecule has 2 amide bonds. The number of aliphatic hydroxyl groups excluding tert-OH is 1. The van der Waals surface area contributed by atoms with Crippen molar-refractivity contribution in [3.05, 3.63) is 18.2 Å². The van der Waals surface area contributed by atoms with Crippen molar-refractivity contribution in [2.75, 3.05) is 50.9 Å². The van der Waals surface area contributed by atoms with Gasteiger partial charge in [0.05, 0.1) is 31.8 Å². The van der Waals surface area contributed by atoms with Gasteiger partial charge in [-0.05, 0) is 69.5 Å². The van der Waals surface area contributed by atoms with Gasteiger partial charge in [0.2, 0.25) is 21.8 Å². The van der Waals surface area contributed by atoms with Gasteiger partial charge >= 0.3 is 0 Å². The van der Waals surface area contributed by atoms with Crippen LogP contribution in [0.25, 0.3) is 0 Å². The van der Waals surface area contributed by atoms with Crippen LogP contribution in [0.3, 0.4) is 0 Å². The van der Waals surface area contributed by atoms with Crippen molar-refractivity contribution >= 4 is 27.5 Å². The number of nitrogens with one attached hydrogen (secondary N) is 2. The molecule has 2 atom stereocenters. The third kappa shape index (κ3) is 8.33. The number of unbranched alkanes of at least 4 members (excludes halogenated alkanes) is 2. The number of likely N-dealkylation sites (tertiary alicyclic amines) is 1. The summed E-state index contributed by atoms with van der Waals surface area (Å²) in [4.78, 5) is 31.6. The second-order valence-electron chi connectivity index (χ2n) is 12.4. The number of hydrogen-bond acceptors (Lipinski definition) is 8. The van der Waals surface area contributed by atoms with E-state index >= 15 is 0 Å². The largest absolute Gasteiger partial charge is 0.493 e. The molecular formula is C31H50N4O7S. The van der Waals surface area contributed by atoms with Gasteiger partial charge in [0.25, 0.3) is 0 Å². The SMILES string of the molecule is CCCCN1C(=O)[C@@H]([C@H](O)C2CCCCC2)NC(=O)C12CCN(CCCCOc1ccc(NS(C)(=O)=O)cc1OC)CC2. The van der Waals surface area contributed by atoms with Crippen LogP contribution in [0.2, 0.25) is 0 Å². The molecule has 11 nitrogen and oxygen atoms in total. The fourth-order valence-electron chi connectivity index (χ4n) is 6.79. The van der Waals surface area contributed by atoms with Crippen LogP contribution < -0.4 is 19.5 Å². The average Bonchev–Trinajstić information content (AvgIpc) is 2.99. The van der Waals surface area contributed by atoms with Crippen LogP contribution in [0, 0.1) is 5.92 Å². The lowest BCUT2D eigenvalue weighted by Gasteiger charge is -2.52. The summed E-state index contributed by atoms with van der Waals surface area (Å²) in [5.41, 5.74) is -0.435. The lowest BCUT2D eigenvalue weighted by Crippen LogP contribution is -2.75. The lowest BCUT2D eigenvalue weighted by atomic mass is 9.78. The Bertz CT molecular complexity index is 1200. The van der Waals surface area contributed by atoms with Crippen molar-refractivity contribution in [2.45, 2.75) is 95.2 Å². The summed E-state index contributed by atoms with van der Waals surface area (Å²) in [6, 6.07) is 4.07. The third-order valence-electron chi connectivity index (χ3n) is 9.24. The van der Waals surface area contributed by atoms with E-state index in [1.165, 1.54) is 13.5 Å². The maximum Gasteiger partial charge on any atom is 0.248 e. The molecule has 1 saturated carbocycles. The molecule has 12 heteroatoms. The van der Waals surface area contributed by atoms with Crippen LogP contribution >= 0.6 is 0 Å². The van der Waals surface area contributed by atoms with Crippen molar-refractivity contribution in [1.29, 1.82) is 0 Å². The zero-order valence-corrected chi connectivity index (χ0v) is 26.8. The molecule has 242 valence electrons. The normalized spacial score (nSPS) is 22.3. The van der Waals surface area contributed by atoms with E-state index in [9.17, 15) is 23.1 Å². The van der Waals surface area contributed by atoms with Gasteiger partial charge in [-0.2, -0.15) is 0 Å². The van der Waals surface area contributed by atoms with E-state index in [1.54, 1.807) is 18.2 Å². The van der Waals surface area contributed by atoms with Gasteiger partial charge in [-0.15, -0.1) is 0 Å². The number of carbonyl (C=O) groups excluding carboxylic acids is 2. The number of amides is 2. The number of carbonyl (C=O) groups is 2. The summed E-state index contributed by atoms with van der Waals surface area (Å²) in [5.74, 6) is 0.841. The fourth-order valence-corrected chi connectivity index (χ4v) is 7.34. The highest BCUT2D eigenvalue weighted by molar-refractivity contribution is 7.92. The highest BCUT2D eigenvalue weighted by Gasteiger charge is 2.55. The Morgan fingerprint density at radius 2 is 1.79 bits per heavy atom. The Kier molecular flexibility index (Phi) is 11.6. The minimum Gasteiger partial charge on any atom is -0.493 e. The average molecular weight is 623 g/mol. The highest BCUT2D eigenvalue weighted by Crippen LogP contribution is 2.36. The molecule has 0 unspecified atom stereocenters. The maximum atomic E-state index is 13.8. The molecule has 0 radical (unpaired) electrons. The molecule has 3 aliphatic rings. The number of methoxy groups -OCH3 is 1. The van der Waals surface area contributed by atoms with E-state index in [2.05, 4.69) is 21.9 Å². The van der Waals surface area contributed by atoms with Crippen LogP contribution in [-0.4, -0.2) is 99.0 Å². The van der Waals surface area contributed by atoms with Crippen LogP contribution in [0.4, 0.5) is 5.69 Å². The number of hydrogen-bond donors (Lipinski definition) is 3. The second-order valence-corrected chi connectivity index (χ2v) is 14.1. The zero-order chi connectivity index (χ0) is 31.0. The van der Waals surface area contributed by atoms with Crippen LogP contribution in [0.5, 0.6) is 11.5 Å². The molecule has 1 aromatic rings. The number of nitrogens with zero attached hydrogens (tertiary/aromatic N) is 2. The molecule has 43 heavy (non-hydrogen) atoms. The molecule has 2 heterocycles. The van der Waals surface area contributed by atoms with Gasteiger partial charge in [-0.25, -0.2) is 8.42 Å². The number of piperazine rings is 1. The molecule has 1 spiro atoms. The summed E-state index contributed by atoms with van der Waals surface area (Å²) in [7, 11) is -1.87. The molecule has 1 aliphatic carbocycles. The minimum atomic E-state index is -3.39. The topological polar surface area (TPSA) is 138 Å². The van der Waals surface area contributed by atoms with Crippen LogP contribution in [-0.2, 0) is 19.6 Å². The van der Waals surface area contributed by atoms with Crippen molar-refractivity contribution in [1.82, 2.24) is 15.1 Å². The Labute approximate surface area is 256 Å². The number of rotatable bonds is 14. The standard InChI is InChI=1S/C31H50N4O7S/c1-4-5-18-35-29(37)27(28(36)23-11-7-6-8-12-23)32-30(38)31(35)15-19-34(20-16-31)17-9-10-21-42-25-14-13-24(22-26(25)41-2)33-43(3,39)40/h13-14,22-23,27-28,33,36H,4-12,15-21H2,1-3H3,(H,32,38)/t27-,28-/m1/s1. The van der Waals surface area contributed by atoms with Crippen molar-refractivity contribution in [3.63, 3.8) is 0 Å². The zero-order valence-electron chi connectivity index (χ0n) is 26.0.